The first kappa shape index (κ1) is 13.4. The SMILES string of the molecule is Cc1ccccc1NC(=O)Cn1c(C)cc2ccccc21. The van der Waals surface area contributed by atoms with Gasteiger partial charge in [-0.15, -0.1) is 0 Å². The van der Waals surface area contributed by atoms with Gasteiger partial charge in [-0.05, 0) is 43.0 Å². The smallest absolute Gasteiger partial charge is 0.244 e. The number of hydrogen-bond acceptors (Lipinski definition) is 1. The van der Waals surface area contributed by atoms with Crippen LogP contribution in [0.3, 0.4) is 0 Å². The Labute approximate surface area is 124 Å². The second kappa shape index (κ2) is 5.44. The molecule has 0 unspecified atom stereocenters. The highest BCUT2D eigenvalue weighted by atomic mass is 16.1. The summed E-state index contributed by atoms with van der Waals surface area (Å²) in [6.07, 6.45) is 0. The molecule has 0 bridgehead atoms. The maximum atomic E-state index is 12.3. The fourth-order valence-corrected chi connectivity index (χ4v) is 2.60. The average molecular weight is 278 g/mol. The number of rotatable bonds is 3. The van der Waals surface area contributed by atoms with Gasteiger partial charge in [0.15, 0.2) is 0 Å². The fourth-order valence-electron chi connectivity index (χ4n) is 2.60. The largest absolute Gasteiger partial charge is 0.335 e. The Morgan fingerprint density at radius 3 is 2.57 bits per heavy atom. The van der Waals surface area contributed by atoms with Crippen molar-refractivity contribution in [3.63, 3.8) is 0 Å². The Balaban J connectivity index is 1.84. The van der Waals surface area contributed by atoms with Gasteiger partial charge in [-0.2, -0.15) is 0 Å². The van der Waals surface area contributed by atoms with Crippen LogP contribution in [-0.2, 0) is 11.3 Å². The molecule has 1 aromatic heterocycles. The number of amides is 1. The van der Waals surface area contributed by atoms with Crippen molar-refractivity contribution in [3.05, 3.63) is 65.9 Å². The van der Waals surface area contributed by atoms with Gasteiger partial charge in [-0.25, -0.2) is 0 Å². The number of nitrogens with one attached hydrogen (secondary N) is 1. The standard InChI is InChI=1S/C18H18N2O/c1-13-7-3-5-9-16(13)19-18(21)12-20-14(2)11-15-8-4-6-10-17(15)20/h3-11H,12H2,1-2H3,(H,19,21). The zero-order valence-corrected chi connectivity index (χ0v) is 12.3. The van der Waals surface area contributed by atoms with Crippen LogP contribution in [0.2, 0.25) is 0 Å². The second-order valence-electron chi connectivity index (χ2n) is 5.29. The summed E-state index contributed by atoms with van der Waals surface area (Å²) in [5, 5.41) is 4.15. The van der Waals surface area contributed by atoms with Crippen LogP contribution in [0.4, 0.5) is 5.69 Å². The van der Waals surface area contributed by atoms with Crippen LogP contribution in [0.15, 0.2) is 54.6 Å². The van der Waals surface area contributed by atoms with E-state index in [-0.39, 0.29) is 5.91 Å². The molecule has 0 aliphatic carbocycles. The van der Waals surface area contributed by atoms with Crippen molar-refractivity contribution in [3.8, 4) is 0 Å². The Kier molecular flexibility index (Phi) is 3.48. The number of nitrogens with zero attached hydrogens (tertiary/aromatic N) is 1. The molecule has 0 spiro atoms. The van der Waals surface area contributed by atoms with Gasteiger partial charge in [-0.1, -0.05) is 36.4 Å². The molecule has 0 atom stereocenters. The lowest BCUT2D eigenvalue weighted by Crippen LogP contribution is -2.19. The average Bonchev–Trinajstić information content (AvgIpc) is 2.78. The number of para-hydroxylation sites is 2. The van der Waals surface area contributed by atoms with Crippen molar-refractivity contribution < 1.29 is 4.79 Å². The lowest BCUT2D eigenvalue weighted by atomic mass is 10.2. The van der Waals surface area contributed by atoms with Crippen LogP contribution < -0.4 is 5.32 Å². The summed E-state index contributed by atoms with van der Waals surface area (Å²) in [6, 6.07) is 18.0. The van der Waals surface area contributed by atoms with E-state index in [1.165, 1.54) is 5.39 Å². The number of aromatic nitrogens is 1. The number of carbonyl (C=O) groups is 1. The van der Waals surface area contributed by atoms with E-state index in [2.05, 4.69) is 17.4 Å². The third-order valence-electron chi connectivity index (χ3n) is 3.74. The molecule has 2 aromatic carbocycles. The molecule has 1 N–H and O–H groups in total. The summed E-state index contributed by atoms with van der Waals surface area (Å²) in [5.41, 5.74) is 4.13. The molecular weight excluding hydrogens is 260 g/mol. The van der Waals surface area contributed by atoms with E-state index in [9.17, 15) is 4.79 Å². The van der Waals surface area contributed by atoms with Gasteiger partial charge in [0, 0.05) is 16.9 Å². The molecule has 106 valence electrons. The lowest BCUT2D eigenvalue weighted by Gasteiger charge is -2.11. The molecule has 0 aliphatic heterocycles. The van der Waals surface area contributed by atoms with Crippen LogP contribution >= 0.6 is 0 Å². The molecule has 21 heavy (non-hydrogen) atoms. The van der Waals surface area contributed by atoms with Crippen molar-refractivity contribution >= 4 is 22.5 Å². The molecule has 0 saturated carbocycles. The summed E-state index contributed by atoms with van der Waals surface area (Å²) in [7, 11) is 0. The maximum absolute atomic E-state index is 12.3. The first-order chi connectivity index (χ1) is 10.1. The first-order valence-electron chi connectivity index (χ1n) is 7.05. The Hall–Kier alpha value is -2.55. The minimum Gasteiger partial charge on any atom is -0.335 e. The van der Waals surface area contributed by atoms with Crippen molar-refractivity contribution in [2.24, 2.45) is 0 Å². The molecule has 0 fully saturated rings. The van der Waals surface area contributed by atoms with Gasteiger partial charge < -0.3 is 9.88 Å². The van der Waals surface area contributed by atoms with Crippen LogP contribution in [0.5, 0.6) is 0 Å². The van der Waals surface area contributed by atoms with E-state index in [4.69, 9.17) is 0 Å². The Morgan fingerprint density at radius 2 is 1.76 bits per heavy atom. The third kappa shape index (κ3) is 2.68. The monoisotopic (exact) mass is 278 g/mol. The summed E-state index contributed by atoms with van der Waals surface area (Å²) < 4.78 is 2.04. The van der Waals surface area contributed by atoms with Crippen molar-refractivity contribution in [2.45, 2.75) is 20.4 Å². The normalized spacial score (nSPS) is 10.8. The number of aryl methyl sites for hydroxylation is 2. The summed E-state index contributed by atoms with van der Waals surface area (Å²) >= 11 is 0. The quantitative estimate of drug-likeness (QED) is 0.774. The van der Waals surface area contributed by atoms with E-state index in [0.717, 1.165) is 22.5 Å². The van der Waals surface area contributed by atoms with Gasteiger partial charge in [0.1, 0.15) is 6.54 Å². The summed E-state index contributed by atoms with van der Waals surface area (Å²) in [5.74, 6) is -0.00578. The Morgan fingerprint density at radius 1 is 1.05 bits per heavy atom. The lowest BCUT2D eigenvalue weighted by molar-refractivity contribution is -0.116. The van der Waals surface area contributed by atoms with Crippen LogP contribution in [-0.4, -0.2) is 10.5 Å². The highest BCUT2D eigenvalue weighted by Crippen LogP contribution is 2.19. The van der Waals surface area contributed by atoms with Crippen LogP contribution in [0, 0.1) is 13.8 Å². The van der Waals surface area contributed by atoms with E-state index in [0.29, 0.717) is 6.54 Å². The van der Waals surface area contributed by atoms with Crippen molar-refractivity contribution in [2.75, 3.05) is 5.32 Å². The minimum absolute atomic E-state index is 0.00578. The molecule has 1 heterocycles. The molecule has 0 saturated heterocycles. The summed E-state index contributed by atoms with van der Waals surface area (Å²) in [6.45, 7) is 4.35. The number of benzene rings is 2. The number of hydrogen-bond donors (Lipinski definition) is 1. The molecule has 3 rings (SSSR count). The molecule has 3 heteroatoms. The van der Waals surface area contributed by atoms with Crippen LogP contribution in [0.1, 0.15) is 11.3 Å². The van der Waals surface area contributed by atoms with Gasteiger partial charge in [0.25, 0.3) is 0 Å². The third-order valence-corrected chi connectivity index (χ3v) is 3.74. The Bertz CT molecular complexity index is 802. The molecular formula is C18H18N2O. The molecule has 3 nitrogen and oxygen atoms in total. The van der Waals surface area contributed by atoms with E-state index >= 15 is 0 Å². The van der Waals surface area contributed by atoms with E-state index in [1.54, 1.807) is 0 Å². The van der Waals surface area contributed by atoms with Gasteiger partial charge >= 0.3 is 0 Å². The predicted octanol–water partition coefficient (Wildman–Crippen LogP) is 3.90. The number of fused-ring (bicyclic) bond motifs is 1. The topological polar surface area (TPSA) is 34.0 Å². The van der Waals surface area contributed by atoms with E-state index < -0.39 is 0 Å². The van der Waals surface area contributed by atoms with Gasteiger partial charge in [-0.3, -0.25) is 4.79 Å². The molecule has 1 amide bonds. The van der Waals surface area contributed by atoms with Crippen molar-refractivity contribution in [1.82, 2.24) is 4.57 Å². The summed E-state index contributed by atoms with van der Waals surface area (Å²) in [4.78, 5) is 12.3. The number of anilines is 1. The predicted molar refractivity (Wildman–Crippen MR) is 86.5 cm³/mol. The van der Waals surface area contributed by atoms with Gasteiger partial charge in [0.2, 0.25) is 5.91 Å². The fraction of sp³-hybridized carbons (Fsp3) is 0.167. The molecule has 3 aromatic rings. The zero-order chi connectivity index (χ0) is 14.8. The van der Waals surface area contributed by atoms with Crippen LogP contribution in [0.25, 0.3) is 10.9 Å². The highest BCUT2D eigenvalue weighted by Gasteiger charge is 2.10. The maximum Gasteiger partial charge on any atom is 0.244 e. The van der Waals surface area contributed by atoms with Crippen molar-refractivity contribution in [1.29, 1.82) is 0 Å². The molecule has 0 radical (unpaired) electrons. The first-order valence-corrected chi connectivity index (χ1v) is 7.05. The van der Waals surface area contributed by atoms with Gasteiger partial charge in [0.05, 0.1) is 0 Å². The second-order valence-corrected chi connectivity index (χ2v) is 5.29. The molecule has 0 aliphatic rings. The minimum atomic E-state index is -0.00578. The number of carbonyl (C=O) groups excluding carboxylic acids is 1. The zero-order valence-electron chi connectivity index (χ0n) is 12.3. The van der Waals surface area contributed by atoms with E-state index in [1.807, 2.05) is 60.9 Å². The highest BCUT2D eigenvalue weighted by molar-refractivity contribution is 5.93.